The van der Waals surface area contributed by atoms with Crippen LogP contribution in [0.15, 0.2) is 0 Å². The fourth-order valence-corrected chi connectivity index (χ4v) is 3.75. The number of ether oxygens (including phenoxy) is 1. The van der Waals surface area contributed by atoms with Crippen molar-refractivity contribution < 1.29 is 17.9 Å². The lowest BCUT2D eigenvalue weighted by Crippen LogP contribution is -2.52. The van der Waals surface area contributed by atoms with E-state index in [4.69, 9.17) is 5.73 Å². The summed E-state index contributed by atoms with van der Waals surface area (Å²) in [6.45, 7) is 3.52. The number of carbonyl (C=O) groups excluding carboxylic acids is 1. The molecule has 17 heavy (non-hydrogen) atoms. The third-order valence-electron chi connectivity index (χ3n) is 3.16. The molecule has 1 saturated heterocycles. The Morgan fingerprint density at radius 3 is 2.59 bits per heavy atom. The zero-order valence-corrected chi connectivity index (χ0v) is 11.2. The molecule has 1 heterocycles. The summed E-state index contributed by atoms with van der Waals surface area (Å²) in [6, 6.07) is -0.138. The quantitative estimate of drug-likeness (QED) is 0.706. The van der Waals surface area contributed by atoms with Crippen molar-refractivity contribution in [2.24, 2.45) is 5.73 Å². The molecular weight excluding hydrogens is 244 g/mol. The third kappa shape index (κ3) is 2.97. The van der Waals surface area contributed by atoms with Crippen molar-refractivity contribution in [3.05, 3.63) is 0 Å². The van der Waals surface area contributed by atoms with E-state index in [1.54, 1.807) is 6.92 Å². The lowest BCUT2D eigenvalue weighted by Gasteiger charge is -2.36. The first-order valence-corrected chi connectivity index (χ1v) is 7.15. The molecular formula is C10H20N2O4S. The van der Waals surface area contributed by atoms with Crippen LogP contribution in [0.3, 0.4) is 0 Å². The van der Waals surface area contributed by atoms with E-state index in [2.05, 4.69) is 4.74 Å². The zero-order chi connectivity index (χ0) is 13.2. The highest BCUT2D eigenvalue weighted by molar-refractivity contribution is 7.90. The minimum absolute atomic E-state index is 0.0323. The average Bonchev–Trinajstić information content (AvgIpc) is 2.26. The van der Waals surface area contributed by atoms with Gasteiger partial charge in [0.05, 0.1) is 7.11 Å². The second kappa shape index (κ2) is 5.32. The Bertz CT molecular complexity index is 382. The summed E-state index contributed by atoms with van der Waals surface area (Å²) in [4.78, 5) is 11.3. The summed E-state index contributed by atoms with van der Waals surface area (Å²) < 4.78 is 30.2. The van der Waals surface area contributed by atoms with Gasteiger partial charge in [-0.05, 0) is 26.7 Å². The normalized spacial score (nSPS) is 28.7. The van der Waals surface area contributed by atoms with E-state index in [0.29, 0.717) is 19.4 Å². The first-order chi connectivity index (χ1) is 7.80. The number of nitrogens with zero attached hydrogens (tertiary/aromatic N) is 1. The van der Waals surface area contributed by atoms with Gasteiger partial charge in [-0.25, -0.2) is 8.42 Å². The minimum atomic E-state index is -3.64. The molecule has 0 radical (unpaired) electrons. The Balaban J connectivity index is 2.87. The molecule has 2 N–H and O–H groups in total. The van der Waals surface area contributed by atoms with Crippen LogP contribution in [0.25, 0.3) is 0 Å². The second-order valence-electron chi connectivity index (χ2n) is 4.45. The fourth-order valence-electron chi connectivity index (χ4n) is 2.06. The summed E-state index contributed by atoms with van der Waals surface area (Å²) in [5.74, 6) is -0.730. The van der Waals surface area contributed by atoms with Crippen molar-refractivity contribution >= 4 is 16.0 Å². The highest BCUT2D eigenvalue weighted by Crippen LogP contribution is 2.22. The Kier molecular flexibility index (Phi) is 4.51. The average molecular weight is 264 g/mol. The summed E-state index contributed by atoms with van der Waals surface area (Å²) in [5, 5.41) is -1.16. The number of methoxy groups -OCH3 is 1. The molecule has 1 rings (SSSR count). The van der Waals surface area contributed by atoms with Crippen molar-refractivity contribution in [3.8, 4) is 0 Å². The van der Waals surface area contributed by atoms with Gasteiger partial charge < -0.3 is 10.5 Å². The van der Waals surface area contributed by atoms with Crippen molar-refractivity contribution in [2.75, 3.05) is 13.7 Å². The summed E-state index contributed by atoms with van der Waals surface area (Å²) in [7, 11) is -2.46. The minimum Gasteiger partial charge on any atom is -0.468 e. The molecule has 1 aliphatic rings. The number of hydrogen-bond donors (Lipinski definition) is 1. The van der Waals surface area contributed by atoms with E-state index in [-0.39, 0.29) is 12.1 Å². The Morgan fingerprint density at radius 2 is 2.12 bits per heavy atom. The molecule has 0 aliphatic carbocycles. The maximum atomic E-state index is 12.2. The van der Waals surface area contributed by atoms with Gasteiger partial charge in [-0.3, -0.25) is 4.79 Å². The molecule has 6 nitrogen and oxygen atoms in total. The van der Waals surface area contributed by atoms with Crippen molar-refractivity contribution in [2.45, 2.75) is 44.0 Å². The molecule has 1 aliphatic heterocycles. The van der Waals surface area contributed by atoms with Gasteiger partial charge in [-0.1, -0.05) is 0 Å². The maximum absolute atomic E-state index is 12.2. The number of hydrogen-bond acceptors (Lipinski definition) is 5. The molecule has 0 aromatic heterocycles. The van der Waals surface area contributed by atoms with E-state index < -0.39 is 21.2 Å². The van der Waals surface area contributed by atoms with Crippen LogP contribution in [-0.2, 0) is 19.6 Å². The van der Waals surface area contributed by atoms with Gasteiger partial charge in [-0.15, -0.1) is 0 Å². The molecule has 0 spiro atoms. The molecule has 100 valence electrons. The van der Waals surface area contributed by atoms with Crippen LogP contribution in [0.1, 0.15) is 26.7 Å². The Hall–Kier alpha value is -0.660. The number of piperidine rings is 1. The van der Waals surface area contributed by atoms with Gasteiger partial charge >= 0.3 is 5.97 Å². The summed E-state index contributed by atoms with van der Waals surface area (Å²) >= 11 is 0. The van der Waals surface area contributed by atoms with Crippen LogP contribution >= 0.6 is 0 Å². The monoisotopic (exact) mass is 264 g/mol. The maximum Gasteiger partial charge on any atom is 0.325 e. The Labute approximate surface area is 102 Å². The van der Waals surface area contributed by atoms with Crippen LogP contribution in [0.4, 0.5) is 0 Å². The van der Waals surface area contributed by atoms with Crippen LogP contribution in [-0.4, -0.2) is 49.7 Å². The van der Waals surface area contributed by atoms with Crippen LogP contribution in [0.5, 0.6) is 0 Å². The number of rotatable bonds is 3. The predicted octanol–water partition coefficient (Wildman–Crippen LogP) is -0.311. The zero-order valence-electron chi connectivity index (χ0n) is 10.4. The van der Waals surface area contributed by atoms with Gasteiger partial charge in [0.25, 0.3) is 0 Å². The second-order valence-corrected chi connectivity index (χ2v) is 6.66. The lowest BCUT2D eigenvalue weighted by atomic mass is 10.0. The van der Waals surface area contributed by atoms with E-state index in [0.717, 1.165) is 0 Å². The van der Waals surface area contributed by atoms with E-state index in [1.807, 2.05) is 0 Å². The highest BCUT2D eigenvalue weighted by atomic mass is 32.2. The fraction of sp³-hybridized carbons (Fsp3) is 0.900. The Morgan fingerprint density at radius 1 is 1.53 bits per heavy atom. The van der Waals surface area contributed by atoms with Crippen LogP contribution in [0.2, 0.25) is 0 Å². The van der Waals surface area contributed by atoms with E-state index in [9.17, 15) is 13.2 Å². The molecule has 7 heteroatoms. The van der Waals surface area contributed by atoms with Crippen LogP contribution < -0.4 is 5.73 Å². The molecule has 0 aromatic carbocycles. The molecule has 3 unspecified atom stereocenters. The highest BCUT2D eigenvalue weighted by Gasteiger charge is 2.39. The van der Waals surface area contributed by atoms with E-state index >= 15 is 0 Å². The van der Waals surface area contributed by atoms with Crippen molar-refractivity contribution in [3.63, 3.8) is 0 Å². The van der Waals surface area contributed by atoms with Crippen molar-refractivity contribution in [1.82, 2.24) is 4.31 Å². The number of carbonyl (C=O) groups is 1. The standard InChI is InChI=1S/C10H20N2O4S/c1-7-6-9(11)4-5-12(7)17(14,15)8(2)10(13)16-3/h7-9H,4-6,11H2,1-3H3. The first kappa shape index (κ1) is 14.4. The van der Waals surface area contributed by atoms with Crippen molar-refractivity contribution in [1.29, 1.82) is 0 Å². The predicted molar refractivity (Wildman–Crippen MR) is 63.8 cm³/mol. The van der Waals surface area contributed by atoms with Gasteiger partial charge in [0.2, 0.25) is 10.0 Å². The summed E-state index contributed by atoms with van der Waals surface area (Å²) in [5.41, 5.74) is 5.78. The molecule has 3 atom stereocenters. The van der Waals surface area contributed by atoms with E-state index in [1.165, 1.54) is 18.3 Å². The smallest absolute Gasteiger partial charge is 0.325 e. The van der Waals surface area contributed by atoms with Gasteiger partial charge in [-0.2, -0.15) is 4.31 Å². The van der Waals surface area contributed by atoms with Gasteiger partial charge in [0, 0.05) is 18.6 Å². The van der Waals surface area contributed by atoms with Gasteiger partial charge in [0.1, 0.15) is 0 Å². The topological polar surface area (TPSA) is 89.7 Å². The number of sulfonamides is 1. The molecule has 0 bridgehead atoms. The number of nitrogens with two attached hydrogens (primary N) is 1. The molecule has 1 fully saturated rings. The largest absolute Gasteiger partial charge is 0.468 e. The number of esters is 1. The van der Waals surface area contributed by atoms with Gasteiger partial charge in [0.15, 0.2) is 5.25 Å². The first-order valence-electron chi connectivity index (χ1n) is 5.64. The third-order valence-corrected chi connectivity index (χ3v) is 5.44. The summed E-state index contributed by atoms with van der Waals surface area (Å²) in [6.07, 6.45) is 1.24. The van der Waals surface area contributed by atoms with Crippen LogP contribution in [0, 0.1) is 0 Å². The molecule has 0 saturated carbocycles. The molecule has 0 aromatic rings. The SMILES string of the molecule is COC(=O)C(C)S(=O)(=O)N1CCC(N)CC1C. The lowest BCUT2D eigenvalue weighted by molar-refractivity contribution is -0.139. The molecule has 0 amide bonds.